The van der Waals surface area contributed by atoms with Gasteiger partial charge in [0.15, 0.2) is 5.96 Å². The van der Waals surface area contributed by atoms with Gasteiger partial charge in [0.1, 0.15) is 23.9 Å². The second-order valence-electron chi connectivity index (χ2n) is 9.16. The molecule has 41 heavy (non-hydrogen) atoms. The number of nitrogens with zero attached hydrogens (tertiary/aromatic N) is 1. The van der Waals surface area contributed by atoms with Crippen molar-refractivity contribution in [2.45, 2.75) is 62.7 Å². The van der Waals surface area contributed by atoms with Gasteiger partial charge in [-0.25, -0.2) is 4.79 Å². The molecule has 4 unspecified atom stereocenters. The smallest absolute Gasteiger partial charge is 0.326 e. The summed E-state index contributed by atoms with van der Waals surface area (Å²) in [5.74, 6) is -4.32. The predicted octanol–water partition coefficient (Wildman–Crippen LogP) is -1.53. The number of carbonyl (C=O) groups excluding carboxylic acids is 3. The van der Waals surface area contributed by atoms with Gasteiger partial charge in [-0.15, -0.1) is 0 Å². The molecule has 0 spiro atoms. The van der Waals surface area contributed by atoms with E-state index in [1.165, 1.54) is 36.0 Å². The van der Waals surface area contributed by atoms with E-state index in [4.69, 9.17) is 22.3 Å². The number of aliphatic carboxylic acids is 2. The average Bonchev–Trinajstić information content (AvgIpc) is 2.91. The van der Waals surface area contributed by atoms with Gasteiger partial charge < -0.3 is 48.5 Å². The van der Waals surface area contributed by atoms with E-state index in [1.54, 1.807) is 6.26 Å². The number of guanidine groups is 1. The minimum atomic E-state index is -1.34. The summed E-state index contributed by atoms with van der Waals surface area (Å²) in [5.41, 5.74) is 17.0. The van der Waals surface area contributed by atoms with E-state index in [1.807, 2.05) is 0 Å². The molecule has 0 aliphatic carbocycles. The van der Waals surface area contributed by atoms with Gasteiger partial charge in [-0.1, -0.05) is 12.1 Å². The molecule has 3 amide bonds. The van der Waals surface area contributed by atoms with Crippen LogP contribution in [0.15, 0.2) is 29.3 Å². The second-order valence-corrected chi connectivity index (χ2v) is 10.1. The van der Waals surface area contributed by atoms with Gasteiger partial charge in [-0.2, -0.15) is 11.8 Å². The summed E-state index contributed by atoms with van der Waals surface area (Å²) in [7, 11) is 0. The Morgan fingerprint density at radius 2 is 1.44 bits per heavy atom. The lowest BCUT2D eigenvalue weighted by atomic mass is 10.0. The number of carbonyl (C=O) groups is 5. The molecule has 0 bridgehead atoms. The Morgan fingerprint density at radius 3 is 1.98 bits per heavy atom. The van der Waals surface area contributed by atoms with Gasteiger partial charge in [0.2, 0.25) is 17.7 Å². The van der Waals surface area contributed by atoms with Crippen LogP contribution in [-0.4, -0.2) is 93.7 Å². The van der Waals surface area contributed by atoms with E-state index in [-0.39, 0.29) is 56.8 Å². The highest BCUT2D eigenvalue weighted by molar-refractivity contribution is 7.98. The van der Waals surface area contributed by atoms with Crippen LogP contribution in [0.2, 0.25) is 0 Å². The molecule has 0 radical (unpaired) electrons. The summed E-state index contributed by atoms with van der Waals surface area (Å²) < 4.78 is 0. The highest BCUT2D eigenvalue weighted by Gasteiger charge is 2.30. The van der Waals surface area contributed by atoms with Crippen LogP contribution in [0.3, 0.4) is 0 Å². The third kappa shape index (κ3) is 14.2. The molecule has 0 aliphatic heterocycles. The standard InChI is InChI=1S/C25H39N7O8S/c1-41-12-10-18(30-21(36)16(26)8-9-20(34)35)23(38)31-17(3-2-11-29-25(27)28)22(37)32-19(24(39)40)13-14-4-6-15(33)7-5-14/h4-7,16-19,33H,2-3,8-13,26H2,1H3,(H,30,36)(H,31,38)(H,32,37)(H,34,35)(H,39,40)(H4,27,28,29). The highest BCUT2D eigenvalue weighted by Crippen LogP contribution is 2.12. The van der Waals surface area contributed by atoms with Gasteiger partial charge in [-0.05, 0) is 55.4 Å². The zero-order valence-electron chi connectivity index (χ0n) is 22.7. The molecule has 0 heterocycles. The Bertz CT molecular complexity index is 1070. The van der Waals surface area contributed by atoms with E-state index in [0.29, 0.717) is 11.3 Å². The minimum Gasteiger partial charge on any atom is -0.508 e. The van der Waals surface area contributed by atoms with E-state index in [2.05, 4.69) is 20.9 Å². The van der Waals surface area contributed by atoms with E-state index < -0.39 is 53.8 Å². The average molecular weight is 598 g/mol. The van der Waals surface area contributed by atoms with Gasteiger partial charge in [0.25, 0.3) is 0 Å². The molecule has 228 valence electrons. The number of thioether (sulfide) groups is 1. The summed E-state index contributed by atoms with van der Waals surface area (Å²) in [5, 5.41) is 35.5. The van der Waals surface area contributed by atoms with Crippen LogP contribution >= 0.6 is 11.8 Å². The first-order chi connectivity index (χ1) is 19.3. The van der Waals surface area contributed by atoms with Crippen molar-refractivity contribution in [2.75, 3.05) is 18.6 Å². The van der Waals surface area contributed by atoms with Crippen molar-refractivity contribution in [1.82, 2.24) is 16.0 Å². The van der Waals surface area contributed by atoms with Gasteiger partial charge in [0, 0.05) is 19.4 Å². The third-order valence-corrected chi connectivity index (χ3v) is 6.46. The molecule has 0 aromatic heterocycles. The van der Waals surface area contributed by atoms with E-state index in [0.717, 1.165) is 0 Å². The lowest BCUT2D eigenvalue weighted by Gasteiger charge is -2.25. The largest absolute Gasteiger partial charge is 0.508 e. The number of phenols is 1. The van der Waals surface area contributed by atoms with Gasteiger partial charge >= 0.3 is 11.9 Å². The number of phenolic OH excluding ortho intramolecular Hbond substituents is 1. The van der Waals surface area contributed by atoms with E-state index >= 15 is 0 Å². The number of aromatic hydroxyl groups is 1. The SMILES string of the molecule is CSCCC(NC(=O)C(N)CCC(=O)O)C(=O)NC(CCCN=C(N)N)C(=O)NC(Cc1ccc(O)cc1)C(=O)O. The van der Waals surface area contributed by atoms with Crippen molar-refractivity contribution in [1.29, 1.82) is 0 Å². The van der Waals surface area contributed by atoms with Gasteiger partial charge in [-0.3, -0.25) is 24.2 Å². The molecule has 16 heteroatoms. The Kier molecular flexibility index (Phi) is 15.6. The normalized spacial score (nSPS) is 13.6. The quantitative estimate of drug-likeness (QED) is 0.0499. The molecule has 0 aliphatic rings. The maximum absolute atomic E-state index is 13.2. The fourth-order valence-electron chi connectivity index (χ4n) is 3.58. The lowest BCUT2D eigenvalue weighted by Crippen LogP contribution is -2.57. The molecular formula is C25H39N7O8S. The topological polar surface area (TPSA) is 273 Å². The third-order valence-electron chi connectivity index (χ3n) is 5.82. The first kappa shape index (κ1) is 35.0. The zero-order valence-corrected chi connectivity index (χ0v) is 23.6. The van der Waals surface area contributed by atoms with Crippen LogP contribution in [0.25, 0.3) is 0 Å². The zero-order chi connectivity index (χ0) is 30.9. The second kappa shape index (κ2) is 18.3. The summed E-state index contributed by atoms with van der Waals surface area (Å²) in [6.45, 7) is 0.142. The number of hydrogen-bond donors (Lipinski definition) is 9. The number of nitrogens with one attached hydrogen (secondary N) is 3. The molecule has 0 saturated heterocycles. The fourth-order valence-corrected chi connectivity index (χ4v) is 4.05. The van der Waals surface area contributed by atoms with Crippen molar-refractivity contribution >= 4 is 47.4 Å². The Labute approximate surface area is 241 Å². The summed E-state index contributed by atoms with van der Waals surface area (Å²) in [6.07, 6.45) is 1.74. The summed E-state index contributed by atoms with van der Waals surface area (Å²) in [6, 6.07) is 1.02. The molecular weight excluding hydrogens is 558 g/mol. The Hall–Kier alpha value is -4.05. The van der Waals surface area contributed by atoms with Crippen LogP contribution < -0.4 is 33.2 Å². The molecule has 1 rings (SSSR count). The fraction of sp³-hybridized carbons (Fsp3) is 0.520. The van der Waals surface area contributed by atoms with Crippen LogP contribution in [0, 0.1) is 0 Å². The Morgan fingerprint density at radius 1 is 0.878 bits per heavy atom. The number of benzene rings is 1. The summed E-state index contributed by atoms with van der Waals surface area (Å²) >= 11 is 1.42. The number of carboxylic acid groups (broad SMARTS) is 2. The molecule has 4 atom stereocenters. The monoisotopic (exact) mass is 597 g/mol. The van der Waals surface area contributed by atoms with E-state index in [9.17, 15) is 34.2 Å². The molecule has 0 fully saturated rings. The molecule has 12 N–H and O–H groups in total. The van der Waals surface area contributed by atoms with Crippen LogP contribution in [0.5, 0.6) is 5.75 Å². The molecule has 0 saturated carbocycles. The summed E-state index contributed by atoms with van der Waals surface area (Å²) in [4.78, 5) is 65.5. The van der Waals surface area contributed by atoms with Crippen molar-refractivity contribution < 1.29 is 39.3 Å². The first-order valence-corrected chi connectivity index (χ1v) is 14.2. The maximum Gasteiger partial charge on any atom is 0.326 e. The van der Waals surface area contributed by atoms with Crippen molar-refractivity contribution in [2.24, 2.45) is 22.2 Å². The number of hydrogen-bond acceptors (Lipinski definition) is 9. The maximum atomic E-state index is 13.2. The van der Waals surface area contributed by atoms with Crippen LogP contribution in [0.4, 0.5) is 0 Å². The number of aliphatic imine (C=N–C) groups is 1. The number of amides is 3. The van der Waals surface area contributed by atoms with Crippen molar-refractivity contribution in [3.8, 4) is 5.75 Å². The predicted molar refractivity (Wildman–Crippen MR) is 153 cm³/mol. The van der Waals surface area contributed by atoms with Crippen molar-refractivity contribution in [3.05, 3.63) is 29.8 Å². The first-order valence-electron chi connectivity index (χ1n) is 12.8. The molecule has 15 nitrogen and oxygen atoms in total. The lowest BCUT2D eigenvalue weighted by molar-refractivity contribution is -0.142. The van der Waals surface area contributed by atoms with Crippen molar-refractivity contribution in [3.63, 3.8) is 0 Å². The highest BCUT2D eigenvalue weighted by atomic mass is 32.2. The van der Waals surface area contributed by atoms with Gasteiger partial charge in [0.05, 0.1) is 6.04 Å². The molecule has 1 aromatic rings. The minimum absolute atomic E-state index is 0.000766. The van der Waals surface area contributed by atoms with Crippen LogP contribution in [0.1, 0.15) is 37.7 Å². The number of nitrogens with two attached hydrogens (primary N) is 3. The van der Waals surface area contributed by atoms with Crippen LogP contribution in [-0.2, 0) is 30.4 Å². The Balaban J connectivity index is 3.06. The molecule has 1 aromatic carbocycles. The number of rotatable bonds is 19. The number of carboxylic acids is 2.